The SMILES string of the molecule is CC(CS(C)=O)Nc1nc(NN)nc2sccc12. The van der Waals surface area contributed by atoms with Crippen LogP contribution in [0.5, 0.6) is 0 Å². The van der Waals surface area contributed by atoms with Gasteiger partial charge in [-0.2, -0.15) is 4.98 Å². The van der Waals surface area contributed by atoms with Gasteiger partial charge in [0.05, 0.1) is 5.39 Å². The number of nitrogens with two attached hydrogens (primary N) is 1. The van der Waals surface area contributed by atoms with E-state index in [9.17, 15) is 4.21 Å². The van der Waals surface area contributed by atoms with Crippen LogP contribution in [0.25, 0.3) is 10.2 Å². The molecule has 2 rings (SSSR count). The van der Waals surface area contributed by atoms with Crippen molar-refractivity contribution in [3.63, 3.8) is 0 Å². The van der Waals surface area contributed by atoms with Crippen molar-refractivity contribution in [2.45, 2.75) is 13.0 Å². The molecule has 18 heavy (non-hydrogen) atoms. The molecular weight excluding hydrogens is 270 g/mol. The summed E-state index contributed by atoms with van der Waals surface area (Å²) in [5.74, 6) is 7.00. The standard InChI is InChI=1S/C10H15N5OS2/c1-6(5-18(2)16)12-8-7-3-4-17-9(7)14-10(13-8)15-11/h3-4,6H,5,11H2,1-2H3,(H2,12,13,14,15). The van der Waals surface area contributed by atoms with Crippen LogP contribution in [0.15, 0.2) is 11.4 Å². The lowest BCUT2D eigenvalue weighted by Crippen LogP contribution is -2.23. The number of nitrogens with one attached hydrogen (secondary N) is 2. The predicted molar refractivity (Wildman–Crippen MR) is 77.2 cm³/mol. The molecule has 2 aromatic heterocycles. The average molecular weight is 285 g/mol. The lowest BCUT2D eigenvalue weighted by molar-refractivity contribution is 0.683. The van der Waals surface area contributed by atoms with Gasteiger partial charge in [-0.1, -0.05) is 0 Å². The second kappa shape index (κ2) is 5.59. The normalized spacial score (nSPS) is 14.4. The first kappa shape index (κ1) is 13.2. The van der Waals surface area contributed by atoms with Gasteiger partial charge in [0.15, 0.2) is 0 Å². The van der Waals surface area contributed by atoms with Crippen molar-refractivity contribution in [3.05, 3.63) is 11.4 Å². The summed E-state index contributed by atoms with van der Waals surface area (Å²) in [6.07, 6.45) is 1.69. The van der Waals surface area contributed by atoms with Crippen molar-refractivity contribution < 1.29 is 4.21 Å². The van der Waals surface area contributed by atoms with E-state index in [1.54, 1.807) is 6.26 Å². The molecule has 0 fully saturated rings. The van der Waals surface area contributed by atoms with Crippen molar-refractivity contribution in [2.24, 2.45) is 5.84 Å². The number of hydrogen-bond acceptors (Lipinski definition) is 7. The summed E-state index contributed by atoms with van der Waals surface area (Å²) in [6.45, 7) is 1.97. The fourth-order valence-corrected chi connectivity index (χ4v) is 3.21. The van der Waals surface area contributed by atoms with Crippen LogP contribution in [0.1, 0.15) is 6.92 Å². The minimum Gasteiger partial charge on any atom is -0.366 e. The lowest BCUT2D eigenvalue weighted by atomic mass is 10.3. The van der Waals surface area contributed by atoms with Crippen LogP contribution in [0.2, 0.25) is 0 Å². The number of hydrogen-bond donors (Lipinski definition) is 3. The summed E-state index contributed by atoms with van der Waals surface area (Å²) in [5.41, 5.74) is 2.45. The Morgan fingerprint density at radius 3 is 3.00 bits per heavy atom. The molecule has 0 aliphatic heterocycles. The highest BCUT2D eigenvalue weighted by Crippen LogP contribution is 2.26. The van der Waals surface area contributed by atoms with Gasteiger partial charge in [0, 0.05) is 28.9 Å². The summed E-state index contributed by atoms with van der Waals surface area (Å²) < 4.78 is 11.2. The van der Waals surface area contributed by atoms with E-state index in [1.807, 2.05) is 18.4 Å². The molecule has 2 heterocycles. The van der Waals surface area contributed by atoms with E-state index in [-0.39, 0.29) is 6.04 Å². The number of thiophene rings is 1. The first-order valence-electron chi connectivity index (χ1n) is 5.38. The third-order valence-electron chi connectivity index (χ3n) is 2.32. The van der Waals surface area contributed by atoms with Gasteiger partial charge in [-0.05, 0) is 18.4 Å². The van der Waals surface area contributed by atoms with Crippen molar-refractivity contribution in [1.29, 1.82) is 0 Å². The Morgan fingerprint density at radius 1 is 1.56 bits per heavy atom. The van der Waals surface area contributed by atoms with Crippen LogP contribution in [0, 0.1) is 0 Å². The third-order valence-corrected chi connectivity index (χ3v) is 4.10. The first-order chi connectivity index (χ1) is 8.60. The van der Waals surface area contributed by atoms with Gasteiger partial charge in [0.2, 0.25) is 5.95 Å². The number of rotatable bonds is 5. The highest BCUT2D eigenvalue weighted by Gasteiger charge is 2.11. The Hall–Kier alpha value is -1.25. The number of fused-ring (bicyclic) bond motifs is 1. The van der Waals surface area contributed by atoms with Crippen molar-refractivity contribution in [1.82, 2.24) is 9.97 Å². The summed E-state index contributed by atoms with van der Waals surface area (Å²) in [5, 5.41) is 6.15. The zero-order chi connectivity index (χ0) is 13.1. The van der Waals surface area contributed by atoms with E-state index in [4.69, 9.17) is 5.84 Å². The minimum absolute atomic E-state index is 0.0689. The summed E-state index contributed by atoms with van der Waals surface area (Å²) in [7, 11) is -0.844. The second-order valence-corrected chi connectivity index (χ2v) is 6.34. The van der Waals surface area contributed by atoms with Crippen LogP contribution in [-0.4, -0.2) is 32.2 Å². The zero-order valence-corrected chi connectivity index (χ0v) is 11.8. The summed E-state index contributed by atoms with van der Waals surface area (Å²) >= 11 is 1.53. The fraction of sp³-hybridized carbons (Fsp3) is 0.400. The smallest absolute Gasteiger partial charge is 0.240 e. The van der Waals surface area contributed by atoms with Gasteiger partial charge in [-0.3, -0.25) is 9.63 Å². The van der Waals surface area contributed by atoms with E-state index in [0.29, 0.717) is 17.5 Å². The van der Waals surface area contributed by atoms with Crippen molar-refractivity contribution >= 4 is 44.1 Å². The maximum Gasteiger partial charge on any atom is 0.240 e. The molecule has 0 aromatic carbocycles. The summed E-state index contributed by atoms with van der Waals surface area (Å²) in [4.78, 5) is 9.41. The quantitative estimate of drug-likeness (QED) is 0.564. The number of aromatic nitrogens is 2. The topological polar surface area (TPSA) is 92.9 Å². The highest BCUT2D eigenvalue weighted by molar-refractivity contribution is 7.84. The van der Waals surface area contributed by atoms with Gasteiger partial charge >= 0.3 is 0 Å². The van der Waals surface area contributed by atoms with E-state index in [0.717, 1.165) is 10.2 Å². The number of nitrogens with zero attached hydrogens (tertiary/aromatic N) is 2. The van der Waals surface area contributed by atoms with Crippen LogP contribution in [-0.2, 0) is 10.8 Å². The van der Waals surface area contributed by atoms with Gasteiger partial charge in [-0.15, -0.1) is 11.3 Å². The molecule has 0 saturated carbocycles. The van der Waals surface area contributed by atoms with Gasteiger partial charge < -0.3 is 5.32 Å². The molecule has 2 unspecified atom stereocenters. The van der Waals surface area contributed by atoms with E-state index < -0.39 is 10.8 Å². The Balaban J connectivity index is 2.30. The minimum atomic E-state index is -0.844. The zero-order valence-electron chi connectivity index (χ0n) is 10.1. The van der Waals surface area contributed by atoms with Gasteiger partial charge in [0.1, 0.15) is 10.6 Å². The molecule has 2 atom stereocenters. The molecule has 0 radical (unpaired) electrons. The van der Waals surface area contributed by atoms with E-state index in [2.05, 4.69) is 20.7 Å². The average Bonchev–Trinajstić information content (AvgIpc) is 2.75. The fourth-order valence-electron chi connectivity index (χ4n) is 1.66. The molecule has 4 N–H and O–H groups in total. The maximum absolute atomic E-state index is 11.2. The Bertz CT molecular complexity index is 570. The van der Waals surface area contributed by atoms with Crippen molar-refractivity contribution in [3.8, 4) is 0 Å². The molecule has 0 aliphatic rings. The molecule has 0 spiro atoms. The number of hydrazine groups is 1. The second-order valence-electron chi connectivity index (χ2n) is 3.96. The molecular formula is C10H15N5OS2. The molecule has 8 heteroatoms. The van der Waals surface area contributed by atoms with Gasteiger partial charge in [0.25, 0.3) is 0 Å². The molecule has 0 aliphatic carbocycles. The molecule has 0 saturated heterocycles. The maximum atomic E-state index is 11.2. The lowest BCUT2D eigenvalue weighted by Gasteiger charge is -2.14. The molecule has 6 nitrogen and oxygen atoms in total. The number of anilines is 2. The first-order valence-corrected chi connectivity index (χ1v) is 7.99. The van der Waals surface area contributed by atoms with E-state index in [1.165, 1.54) is 11.3 Å². The number of nitrogen functional groups attached to an aromatic ring is 1. The molecule has 0 amide bonds. The Labute approximate surface area is 111 Å². The van der Waals surface area contributed by atoms with Crippen LogP contribution >= 0.6 is 11.3 Å². The molecule has 98 valence electrons. The van der Waals surface area contributed by atoms with Crippen LogP contribution in [0.3, 0.4) is 0 Å². The van der Waals surface area contributed by atoms with Gasteiger partial charge in [-0.25, -0.2) is 10.8 Å². The molecule has 2 aromatic rings. The predicted octanol–water partition coefficient (Wildman–Crippen LogP) is 1.16. The largest absolute Gasteiger partial charge is 0.366 e. The van der Waals surface area contributed by atoms with E-state index >= 15 is 0 Å². The Kier molecular flexibility index (Phi) is 4.10. The van der Waals surface area contributed by atoms with Crippen molar-refractivity contribution in [2.75, 3.05) is 22.8 Å². The van der Waals surface area contributed by atoms with Crippen LogP contribution < -0.4 is 16.6 Å². The molecule has 0 bridgehead atoms. The Morgan fingerprint density at radius 2 is 2.33 bits per heavy atom. The summed E-state index contributed by atoms with van der Waals surface area (Å²) in [6, 6.07) is 2.03. The third kappa shape index (κ3) is 2.95. The van der Waals surface area contributed by atoms with Crippen LogP contribution in [0.4, 0.5) is 11.8 Å². The monoisotopic (exact) mass is 285 g/mol. The highest BCUT2D eigenvalue weighted by atomic mass is 32.2.